The summed E-state index contributed by atoms with van der Waals surface area (Å²) in [6, 6.07) is 13.4. The summed E-state index contributed by atoms with van der Waals surface area (Å²) in [5.41, 5.74) is 3.57. The number of aliphatic hydroxyl groups excluding tert-OH is 1. The SMILES string of the molecule is COc1ccc(C2=CC(=O)CCc3c2cc(OC)c(OC)c3OC)cc1NC(=O)C(CC(C)C)NC(=O)C(O)C(Cc1ccccc1)NC(=O)O. The molecule has 0 heterocycles. The monoisotopic (exact) mass is 703 g/mol. The number of carbonyl (C=O) groups excluding carboxylic acids is 3. The number of carboxylic acid groups (broad SMARTS) is 1. The number of allylic oxidation sites excluding steroid dienone is 1. The summed E-state index contributed by atoms with van der Waals surface area (Å²) in [7, 11) is 5.98. The van der Waals surface area contributed by atoms with Gasteiger partial charge in [0.15, 0.2) is 23.4 Å². The van der Waals surface area contributed by atoms with Gasteiger partial charge in [0.1, 0.15) is 11.8 Å². The fourth-order valence-electron chi connectivity index (χ4n) is 6.11. The van der Waals surface area contributed by atoms with E-state index in [1.54, 1.807) is 60.7 Å². The van der Waals surface area contributed by atoms with Gasteiger partial charge < -0.3 is 45.1 Å². The standard InChI is InChI=1S/C38H45N3O10/c1-21(2)16-30(40-37(45)33(43)29(41-38(46)47)17-22-10-8-7-9-11-22)36(44)39-28-18-23(12-15-31(28)48-3)26-19-24(42)13-14-25-27(26)20-32(49-4)35(51-6)34(25)50-5/h7-12,15,18-21,29-30,33,41,43H,13-14,16-17H2,1-6H3,(H,39,44)(H,40,45)(H,46,47). The first kappa shape index (κ1) is 38.2. The Labute approximate surface area is 296 Å². The Morgan fingerprint density at radius 3 is 2.12 bits per heavy atom. The summed E-state index contributed by atoms with van der Waals surface area (Å²) in [5.74, 6) is -0.0752. The molecule has 13 nitrogen and oxygen atoms in total. The molecule has 0 fully saturated rings. The minimum Gasteiger partial charge on any atom is -0.495 e. The Balaban J connectivity index is 1.66. The molecule has 0 aliphatic heterocycles. The number of fused-ring (bicyclic) bond motifs is 1. The van der Waals surface area contributed by atoms with E-state index in [0.717, 1.165) is 5.56 Å². The van der Waals surface area contributed by atoms with E-state index in [1.165, 1.54) is 28.4 Å². The molecule has 0 aromatic heterocycles. The average Bonchev–Trinajstić information content (AvgIpc) is 3.27. The summed E-state index contributed by atoms with van der Waals surface area (Å²) < 4.78 is 22.5. The van der Waals surface area contributed by atoms with Crippen molar-refractivity contribution in [3.05, 3.63) is 82.9 Å². The minimum atomic E-state index is -1.80. The number of nitrogens with one attached hydrogen (secondary N) is 3. The fourth-order valence-corrected chi connectivity index (χ4v) is 6.11. The zero-order chi connectivity index (χ0) is 37.2. The van der Waals surface area contributed by atoms with Crippen molar-refractivity contribution in [3.63, 3.8) is 0 Å². The molecule has 0 saturated heterocycles. The number of amides is 3. The van der Waals surface area contributed by atoms with Crippen molar-refractivity contribution in [2.24, 2.45) is 5.92 Å². The van der Waals surface area contributed by atoms with Crippen LogP contribution in [0.25, 0.3) is 5.57 Å². The lowest BCUT2D eigenvalue weighted by Gasteiger charge is -2.26. The Kier molecular flexibility index (Phi) is 13.0. The second-order valence-electron chi connectivity index (χ2n) is 12.5. The third-order valence-electron chi connectivity index (χ3n) is 8.52. The molecule has 5 N–H and O–H groups in total. The Hall–Kier alpha value is -5.56. The molecular formula is C38H45N3O10. The van der Waals surface area contributed by atoms with Gasteiger partial charge in [-0.1, -0.05) is 50.2 Å². The fraction of sp³-hybridized carbons (Fsp3) is 0.368. The molecule has 3 aromatic carbocycles. The predicted octanol–water partition coefficient (Wildman–Crippen LogP) is 4.38. The second kappa shape index (κ2) is 17.4. The number of carbonyl (C=O) groups is 4. The van der Waals surface area contributed by atoms with E-state index in [1.807, 2.05) is 13.8 Å². The molecule has 0 radical (unpaired) electrons. The van der Waals surface area contributed by atoms with Gasteiger partial charge in [0.2, 0.25) is 11.7 Å². The first-order chi connectivity index (χ1) is 24.4. The van der Waals surface area contributed by atoms with E-state index in [9.17, 15) is 29.4 Å². The van der Waals surface area contributed by atoms with Gasteiger partial charge in [-0.2, -0.15) is 0 Å². The number of ether oxygens (including phenoxy) is 4. The van der Waals surface area contributed by atoms with E-state index in [0.29, 0.717) is 51.7 Å². The van der Waals surface area contributed by atoms with E-state index in [4.69, 9.17) is 18.9 Å². The van der Waals surface area contributed by atoms with Gasteiger partial charge >= 0.3 is 6.09 Å². The van der Waals surface area contributed by atoms with E-state index in [-0.39, 0.29) is 36.7 Å². The topological polar surface area (TPSA) is 182 Å². The first-order valence-electron chi connectivity index (χ1n) is 16.5. The molecule has 3 unspecified atom stereocenters. The van der Waals surface area contributed by atoms with Crippen molar-refractivity contribution >= 4 is 35.0 Å². The van der Waals surface area contributed by atoms with Crippen LogP contribution < -0.4 is 34.9 Å². The Morgan fingerprint density at radius 2 is 1.51 bits per heavy atom. The van der Waals surface area contributed by atoms with Crippen molar-refractivity contribution in [3.8, 4) is 23.0 Å². The quantitative estimate of drug-likeness (QED) is 0.152. The van der Waals surface area contributed by atoms with Crippen molar-refractivity contribution in [1.82, 2.24) is 10.6 Å². The highest BCUT2D eigenvalue weighted by Crippen LogP contribution is 2.47. The average molecular weight is 704 g/mol. The third kappa shape index (κ3) is 9.37. The number of anilines is 1. The van der Waals surface area contributed by atoms with Gasteiger partial charge in [-0.3, -0.25) is 14.4 Å². The molecule has 3 amide bonds. The molecule has 4 rings (SSSR count). The lowest BCUT2D eigenvalue weighted by Crippen LogP contribution is -2.55. The second-order valence-corrected chi connectivity index (χ2v) is 12.5. The van der Waals surface area contributed by atoms with Crippen LogP contribution in [0.15, 0.2) is 60.7 Å². The van der Waals surface area contributed by atoms with Crippen LogP contribution in [0.3, 0.4) is 0 Å². The van der Waals surface area contributed by atoms with Crippen LogP contribution in [0.1, 0.15) is 48.9 Å². The molecule has 13 heteroatoms. The van der Waals surface area contributed by atoms with Crippen molar-refractivity contribution in [1.29, 1.82) is 0 Å². The first-order valence-corrected chi connectivity index (χ1v) is 16.5. The van der Waals surface area contributed by atoms with Crippen LogP contribution in [0.5, 0.6) is 23.0 Å². The third-order valence-corrected chi connectivity index (χ3v) is 8.52. The molecule has 3 atom stereocenters. The highest BCUT2D eigenvalue weighted by atomic mass is 16.5. The maximum absolute atomic E-state index is 13.9. The van der Waals surface area contributed by atoms with Gasteiger partial charge in [-0.15, -0.1) is 0 Å². The predicted molar refractivity (Wildman–Crippen MR) is 191 cm³/mol. The van der Waals surface area contributed by atoms with Crippen molar-refractivity contribution in [2.75, 3.05) is 33.8 Å². The smallest absolute Gasteiger partial charge is 0.404 e. The van der Waals surface area contributed by atoms with Crippen LogP contribution in [-0.2, 0) is 27.2 Å². The van der Waals surface area contributed by atoms with Crippen LogP contribution >= 0.6 is 0 Å². The molecule has 3 aromatic rings. The van der Waals surface area contributed by atoms with E-state index < -0.39 is 36.1 Å². The maximum atomic E-state index is 13.9. The van der Waals surface area contributed by atoms with E-state index in [2.05, 4.69) is 16.0 Å². The van der Waals surface area contributed by atoms with Gasteiger partial charge in [-0.05, 0) is 71.7 Å². The van der Waals surface area contributed by atoms with Gasteiger partial charge in [0, 0.05) is 12.0 Å². The minimum absolute atomic E-state index is 0.0405. The van der Waals surface area contributed by atoms with Crippen LogP contribution in [-0.4, -0.2) is 80.5 Å². The normalized spacial score (nSPS) is 14.2. The number of aliphatic hydroxyl groups is 1. The molecular weight excluding hydrogens is 658 g/mol. The van der Waals surface area contributed by atoms with Crippen LogP contribution in [0, 0.1) is 5.92 Å². The lowest BCUT2D eigenvalue weighted by atomic mass is 9.92. The summed E-state index contributed by atoms with van der Waals surface area (Å²) in [4.78, 5) is 51.8. The number of hydrogen-bond donors (Lipinski definition) is 5. The molecule has 0 bridgehead atoms. The number of benzene rings is 3. The van der Waals surface area contributed by atoms with Crippen LogP contribution in [0.2, 0.25) is 0 Å². The van der Waals surface area contributed by atoms with Crippen molar-refractivity contribution in [2.45, 2.75) is 57.7 Å². The Bertz CT molecular complexity index is 1770. The lowest BCUT2D eigenvalue weighted by molar-refractivity contribution is -0.134. The number of hydrogen-bond acceptors (Lipinski definition) is 9. The van der Waals surface area contributed by atoms with Gasteiger partial charge in [0.05, 0.1) is 40.2 Å². The zero-order valence-corrected chi connectivity index (χ0v) is 29.6. The molecule has 0 saturated carbocycles. The summed E-state index contributed by atoms with van der Waals surface area (Å²) >= 11 is 0. The number of rotatable bonds is 15. The highest BCUT2D eigenvalue weighted by molar-refractivity contribution is 6.04. The van der Waals surface area contributed by atoms with Crippen molar-refractivity contribution < 1.29 is 48.3 Å². The zero-order valence-electron chi connectivity index (χ0n) is 29.6. The summed E-state index contributed by atoms with van der Waals surface area (Å²) in [6.07, 6.45) is -0.781. The summed E-state index contributed by atoms with van der Waals surface area (Å²) in [6.45, 7) is 3.75. The largest absolute Gasteiger partial charge is 0.495 e. The molecule has 51 heavy (non-hydrogen) atoms. The number of methoxy groups -OCH3 is 4. The number of ketones is 1. The van der Waals surface area contributed by atoms with Gasteiger partial charge in [-0.25, -0.2) is 4.79 Å². The molecule has 272 valence electrons. The molecule has 0 spiro atoms. The van der Waals surface area contributed by atoms with Crippen LogP contribution in [0.4, 0.5) is 10.5 Å². The molecule has 1 aliphatic carbocycles. The Morgan fingerprint density at radius 1 is 0.824 bits per heavy atom. The molecule has 1 aliphatic rings. The maximum Gasteiger partial charge on any atom is 0.404 e. The highest BCUT2D eigenvalue weighted by Gasteiger charge is 2.32. The summed E-state index contributed by atoms with van der Waals surface area (Å²) in [5, 5.41) is 28.1. The van der Waals surface area contributed by atoms with E-state index >= 15 is 0 Å². The van der Waals surface area contributed by atoms with Gasteiger partial charge in [0.25, 0.3) is 5.91 Å².